The number of methoxy groups -OCH3 is 1. The molecule has 11 heteroatoms. The summed E-state index contributed by atoms with van der Waals surface area (Å²) >= 11 is 12.8. The molecule has 3 aromatic carbocycles. The lowest BCUT2D eigenvalue weighted by molar-refractivity contribution is -0.139. The van der Waals surface area contributed by atoms with E-state index in [1.807, 2.05) is 13.8 Å². The number of hydrogen-bond acceptors (Lipinski definition) is 5. The number of anilines is 1. The van der Waals surface area contributed by atoms with Crippen LogP contribution in [-0.4, -0.2) is 51.4 Å². The molecule has 3 rings (SSSR count). The molecule has 0 fully saturated rings. The molecule has 0 unspecified atom stereocenters. The van der Waals surface area contributed by atoms with Gasteiger partial charge in [0.25, 0.3) is 10.0 Å². The SMILES string of the molecule is CCCCNC(=O)[C@H](C)N(Cc1c(Cl)cccc1Cl)C(=O)CN(c1cccc(OC)c1)S(=O)(=O)c1ccc(C)cc1. The summed E-state index contributed by atoms with van der Waals surface area (Å²) in [7, 11) is -2.73. The van der Waals surface area contributed by atoms with Gasteiger partial charge in [-0.25, -0.2) is 8.42 Å². The lowest BCUT2D eigenvalue weighted by atomic mass is 10.1. The number of sulfonamides is 1. The summed E-state index contributed by atoms with van der Waals surface area (Å²) in [4.78, 5) is 28.4. The van der Waals surface area contributed by atoms with Crippen LogP contribution in [0.3, 0.4) is 0 Å². The van der Waals surface area contributed by atoms with Crippen molar-refractivity contribution in [3.05, 3.63) is 87.9 Å². The van der Waals surface area contributed by atoms with Gasteiger partial charge < -0.3 is 15.0 Å². The quantitative estimate of drug-likeness (QED) is 0.243. The zero-order valence-corrected chi connectivity index (χ0v) is 25.9. The largest absolute Gasteiger partial charge is 0.497 e. The third kappa shape index (κ3) is 8.15. The van der Waals surface area contributed by atoms with Crippen LogP contribution in [0.5, 0.6) is 5.75 Å². The van der Waals surface area contributed by atoms with Crippen molar-refractivity contribution in [3.63, 3.8) is 0 Å². The van der Waals surface area contributed by atoms with Crippen LogP contribution in [0.4, 0.5) is 5.69 Å². The molecule has 0 saturated heterocycles. The van der Waals surface area contributed by atoms with Gasteiger partial charge in [-0.15, -0.1) is 0 Å². The Labute approximate surface area is 252 Å². The summed E-state index contributed by atoms with van der Waals surface area (Å²) in [5.41, 5.74) is 1.57. The van der Waals surface area contributed by atoms with Crippen LogP contribution in [-0.2, 0) is 26.2 Å². The van der Waals surface area contributed by atoms with Gasteiger partial charge in [0, 0.05) is 34.8 Å². The Morgan fingerprint density at radius 1 is 1.00 bits per heavy atom. The molecular weight excluding hydrogens is 585 g/mol. The van der Waals surface area contributed by atoms with Gasteiger partial charge in [0.15, 0.2) is 0 Å². The molecule has 0 aromatic heterocycles. The van der Waals surface area contributed by atoms with E-state index >= 15 is 0 Å². The summed E-state index contributed by atoms with van der Waals surface area (Å²) in [5, 5.41) is 3.50. The van der Waals surface area contributed by atoms with Crippen LogP contribution >= 0.6 is 23.2 Å². The molecule has 0 radical (unpaired) electrons. The van der Waals surface area contributed by atoms with Crippen molar-refractivity contribution < 1.29 is 22.7 Å². The summed E-state index contributed by atoms with van der Waals surface area (Å²) in [5.74, 6) is -0.565. The van der Waals surface area contributed by atoms with Crippen LogP contribution in [0.2, 0.25) is 10.0 Å². The van der Waals surface area contributed by atoms with Gasteiger partial charge in [-0.1, -0.05) is 66.4 Å². The normalized spacial score (nSPS) is 12.0. The fraction of sp³-hybridized carbons (Fsp3) is 0.333. The summed E-state index contributed by atoms with van der Waals surface area (Å²) < 4.78 is 34.2. The Bertz CT molecular complexity index is 1440. The number of ether oxygens (including phenoxy) is 1. The van der Waals surface area contributed by atoms with Crippen LogP contribution in [0, 0.1) is 6.92 Å². The van der Waals surface area contributed by atoms with E-state index in [4.69, 9.17) is 27.9 Å². The minimum absolute atomic E-state index is 0.0183. The van der Waals surface area contributed by atoms with Crippen LogP contribution in [0.1, 0.15) is 37.8 Å². The Morgan fingerprint density at radius 3 is 2.24 bits per heavy atom. The van der Waals surface area contributed by atoms with E-state index in [1.54, 1.807) is 55.5 Å². The molecule has 8 nitrogen and oxygen atoms in total. The zero-order valence-electron chi connectivity index (χ0n) is 23.6. The number of nitrogens with one attached hydrogen (secondary N) is 1. The first kappa shape index (κ1) is 32.2. The number of amides is 2. The van der Waals surface area contributed by atoms with E-state index in [9.17, 15) is 18.0 Å². The Kier molecular flexibility index (Phi) is 11.5. The van der Waals surface area contributed by atoms with Crippen molar-refractivity contribution in [2.24, 2.45) is 0 Å². The maximum absolute atomic E-state index is 14.0. The number of halogens is 2. The van der Waals surface area contributed by atoms with Gasteiger partial charge in [-0.05, 0) is 56.7 Å². The highest BCUT2D eigenvalue weighted by Gasteiger charge is 2.33. The third-order valence-corrected chi connectivity index (χ3v) is 9.11. The first-order chi connectivity index (χ1) is 19.5. The Morgan fingerprint density at radius 2 is 1.63 bits per heavy atom. The number of carbonyl (C=O) groups excluding carboxylic acids is 2. The molecule has 0 bridgehead atoms. The zero-order chi connectivity index (χ0) is 30.2. The molecule has 1 atom stereocenters. The van der Waals surface area contributed by atoms with Gasteiger partial charge in [0.2, 0.25) is 11.8 Å². The topological polar surface area (TPSA) is 96.0 Å². The third-order valence-electron chi connectivity index (χ3n) is 6.62. The van der Waals surface area contributed by atoms with Crippen LogP contribution in [0.15, 0.2) is 71.6 Å². The molecule has 0 heterocycles. The first-order valence-corrected chi connectivity index (χ1v) is 15.4. The van der Waals surface area contributed by atoms with Gasteiger partial charge in [0.1, 0.15) is 18.3 Å². The van der Waals surface area contributed by atoms with Crippen molar-refractivity contribution in [2.45, 2.75) is 51.1 Å². The van der Waals surface area contributed by atoms with Crippen LogP contribution in [0.25, 0.3) is 0 Å². The second-order valence-corrected chi connectivity index (χ2v) is 12.2. The number of hydrogen-bond donors (Lipinski definition) is 1. The van der Waals surface area contributed by atoms with E-state index < -0.39 is 28.5 Å². The van der Waals surface area contributed by atoms with Gasteiger partial charge in [-0.2, -0.15) is 0 Å². The molecule has 3 aromatic rings. The molecule has 0 aliphatic carbocycles. The lowest BCUT2D eigenvalue weighted by Gasteiger charge is -2.32. The highest BCUT2D eigenvalue weighted by Crippen LogP contribution is 2.29. The van der Waals surface area contributed by atoms with Crippen molar-refractivity contribution in [3.8, 4) is 5.75 Å². The molecule has 2 amide bonds. The number of unbranched alkanes of at least 4 members (excludes halogenated alkanes) is 1. The van der Waals surface area contributed by atoms with Crippen molar-refractivity contribution in [2.75, 3.05) is 24.5 Å². The van der Waals surface area contributed by atoms with Gasteiger partial charge in [0.05, 0.1) is 17.7 Å². The predicted molar refractivity (Wildman–Crippen MR) is 163 cm³/mol. The molecule has 220 valence electrons. The number of rotatable bonds is 13. The highest BCUT2D eigenvalue weighted by molar-refractivity contribution is 7.92. The summed E-state index contributed by atoms with van der Waals surface area (Å²) in [6.07, 6.45) is 1.67. The minimum Gasteiger partial charge on any atom is -0.497 e. The average molecular weight is 621 g/mol. The second kappa shape index (κ2) is 14.6. The second-order valence-electron chi connectivity index (χ2n) is 9.57. The lowest BCUT2D eigenvalue weighted by Crippen LogP contribution is -2.51. The average Bonchev–Trinajstić information content (AvgIpc) is 2.95. The van der Waals surface area contributed by atoms with Crippen molar-refractivity contribution in [1.82, 2.24) is 10.2 Å². The number of benzene rings is 3. The number of carbonyl (C=O) groups is 2. The van der Waals surface area contributed by atoms with E-state index in [0.29, 0.717) is 27.9 Å². The smallest absolute Gasteiger partial charge is 0.264 e. The standard InChI is InChI=1S/C30H35Cl2N3O5S/c1-5-6-17-33-30(37)22(3)34(19-26-27(31)11-8-12-28(26)32)29(36)20-35(23-9-7-10-24(18-23)40-4)41(38,39)25-15-13-21(2)14-16-25/h7-16,18,22H,5-6,17,19-20H2,1-4H3,(H,33,37)/t22-/m0/s1. The van der Waals surface area contributed by atoms with E-state index in [1.165, 1.54) is 30.2 Å². The molecule has 0 saturated carbocycles. The maximum Gasteiger partial charge on any atom is 0.264 e. The number of nitrogens with zero attached hydrogens (tertiary/aromatic N) is 2. The fourth-order valence-corrected chi connectivity index (χ4v) is 6.03. The molecule has 0 aliphatic heterocycles. The van der Waals surface area contributed by atoms with Gasteiger partial charge in [-0.3, -0.25) is 13.9 Å². The summed E-state index contributed by atoms with van der Waals surface area (Å²) in [6.45, 7) is 5.21. The van der Waals surface area contributed by atoms with Crippen molar-refractivity contribution in [1.29, 1.82) is 0 Å². The Hall–Kier alpha value is -3.27. The first-order valence-electron chi connectivity index (χ1n) is 13.2. The summed E-state index contributed by atoms with van der Waals surface area (Å²) in [6, 6.07) is 16.8. The number of aryl methyl sites for hydroxylation is 1. The monoisotopic (exact) mass is 619 g/mol. The van der Waals surface area contributed by atoms with E-state index in [-0.39, 0.29) is 23.0 Å². The molecule has 41 heavy (non-hydrogen) atoms. The maximum atomic E-state index is 14.0. The minimum atomic E-state index is -4.20. The molecule has 0 aliphatic rings. The Balaban J connectivity index is 2.06. The van der Waals surface area contributed by atoms with Gasteiger partial charge >= 0.3 is 0 Å². The molecular formula is C30H35Cl2N3O5S. The van der Waals surface area contributed by atoms with E-state index in [2.05, 4.69) is 5.32 Å². The van der Waals surface area contributed by atoms with Crippen molar-refractivity contribution >= 4 is 50.7 Å². The molecule has 1 N–H and O–H groups in total. The van der Waals surface area contributed by atoms with E-state index in [0.717, 1.165) is 22.7 Å². The van der Waals surface area contributed by atoms with Crippen LogP contribution < -0.4 is 14.4 Å². The predicted octanol–water partition coefficient (Wildman–Crippen LogP) is 5.84. The highest BCUT2D eigenvalue weighted by atomic mass is 35.5. The fourth-order valence-electron chi connectivity index (χ4n) is 4.10. The molecule has 0 spiro atoms.